The van der Waals surface area contributed by atoms with E-state index in [9.17, 15) is 17.6 Å². The molecule has 0 saturated heterocycles. The van der Waals surface area contributed by atoms with Gasteiger partial charge in [0.25, 0.3) is 0 Å². The number of carbonyl (C=O) groups excluding carboxylic acids is 1. The summed E-state index contributed by atoms with van der Waals surface area (Å²) in [6, 6.07) is 8.85. The number of halogens is 1. The summed E-state index contributed by atoms with van der Waals surface area (Å²) in [5.74, 6) is -0.605. The Kier molecular flexibility index (Phi) is 4.04. The van der Waals surface area contributed by atoms with Gasteiger partial charge in [0, 0.05) is 12.6 Å². The van der Waals surface area contributed by atoms with Gasteiger partial charge in [0.15, 0.2) is 9.84 Å². The first kappa shape index (κ1) is 16.4. The third-order valence-corrected chi connectivity index (χ3v) is 5.67. The number of amides is 1. The summed E-state index contributed by atoms with van der Waals surface area (Å²) < 4.78 is 43.6. The number of sulfone groups is 1. The second-order valence-corrected chi connectivity index (χ2v) is 7.74. The SMILES string of the molecule is Cc1cc(CS(=O)(=O)c2ccc3c(c2)N(C)C(=O)OC3)ccc1F. The van der Waals surface area contributed by atoms with Gasteiger partial charge in [-0.15, -0.1) is 0 Å². The summed E-state index contributed by atoms with van der Waals surface area (Å²) >= 11 is 0. The first-order chi connectivity index (χ1) is 11.3. The second kappa shape index (κ2) is 5.90. The Morgan fingerprint density at radius 2 is 1.96 bits per heavy atom. The minimum atomic E-state index is -3.62. The van der Waals surface area contributed by atoms with Crippen LogP contribution in [0.4, 0.5) is 14.9 Å². The Morgan fingerprint density at radius 3 is 2.67 bits per heavy atom. The van der Waals surface area contributed by atoms with E-state index in [1.807, 2.05) is 0 Å². The molecule has 2 aromatic carbocycles. The third kappa shape index (κ3) is 2.99. The van der Waals surface area contributed by atoms with Gasteiger partial charge in [-0.3, -0.25) is 4.90 Å². The molecule has 7 heteroatoms. The number of cyclic esters (lactones) is 1. The van der Waals surface area contributed by atoms with E-state index in [4.69, 9.17) is 4.74 Å². The molecule has 0 bridgehead atoms. The number of rotatable bonds is 3. The maximum atomic E-state index is 13.3. The number of carbonyl (C=O) groups is 1. The molecule has 0 spiro atoms. The zero-order valence-corrected chi connectivity index (χ0v) is 14.1. The van der Waals surface area contributed by atoms with Crippen LogP contribution in [0.15, 0.2) is 41.3 Å². The number of benzene rings is 2. The van der Waals surface area contributed by atoms with Crippen molar-refractivity contribution in [2.45, 2.75) is 24.2 Å². The fourth-order valence-corrected chi connectivity index (χ4v) is 3.96. The van der Waals surface area contributed by atoms with Gasteiger partial charge in [-0.2, -0.15) is 0 Å². The topological polar surface area (TPSA) is 63.7 Å². The van der Waals surface area contributed by atoms with Crippen molar-refractivity contribution in [3.05, 3.63) is 58.9 Å². The van der Waals surface area contributed by atoms with E-state index in [0.29, 0.717) is 16.8 Å². The predicted octanol–water partition coefficient (Wildman–Crippen LogP) is 3.19. The third-order valence-electron chi connectivity index (χ3n) is 3.98. The van der Waals surface area contributed by atoms with E-state index in [0.717, 1.165) is 5.56 Å². The van der Waals surface area contributed by atoms with Crippen LogP contribution in [0.2, 0.25) is 0 Å². The zero-order chi connectivity index (χ0) is 17.5. The lowest BCUT2D eigenvalue weighted by atomic mass is 10.1. The van der Waals surface area contributed by atoms with Crippen molar-refractivity contribution in [2.75, 3.05) is 11.9 Å². The van der Waals surface area contributed by atoms with Crippen molar-refractivity contribution in [2.24, 2.45) is 0 Å². The molecular weight excluding hydrogens is 333 g/mol. The summed E-state index contributed by atoms with van der Waals surface area (Å²) in [6.07, 6.45) is -0.522. The summed E-state index contributed by atoms with van der Waals surface area (Å²) in [5, 5.41) is 0. The highest BCUT2D eigenvalue weighted by atomic mass is 32.2. The number of anilines is 1. The number of hydrogen-bond donors (Lipinski definition) is 0. The fourth-order valence-electron chi connectivity index (χ4n) is 2.61. The zero-order valence-electron chi connectivity index (χ0n) is 13.2. The molecule has 0 unspecified atom stereocenters. The Hall–Kier alpha value is -2.41. The largest absolute Gasteiger partial charge is 0.444 e. The van der Waals surface area contributed by atoms with Crippen LogP contribution in [0.1, 0.15) is 16.7 Å². The number of aryl methyl sites for hydroxylation is 1. The van der Waals surface area contributed by atoms with Crippen LogP contribution in [0, 0.1) is 12.7 Å². The van der Waals surface area contributed by atoms with Crippen LogP contribution in [-0.2, 0) is 26.9 Å². The highest BCUT2D eigenvalue weighted by molar-refractivity contribution is 7.90. The quantitative estimate of drug-likeness (QED) is 0.854. The van der Waals surface area contributed by atoms with Crippen molar-refractivity contribution in [3.8, 4) is 0 Å². The Bertz CT molecular complexity index is 924. The second-order valence-electron chi connectivity index (χ2n) is 5.75. The Labute approximate surface area is 139 Å². The van der Waals surface area contributed by atoms with Gasteiger partial charge in [0.1, 0.15) is 12.4 Å². The number of fused-ring (bicyclic) bond motifs is 1. The molecular formula is C17H16FNO4S. The minimum Gasteiger partial charge on any atom is -0.444 e. The summed E-state index contributed by atoms with van der Waals surface area (Å²) in [6.45, 7) is 1.71. The van der Waals surface area contributed by atoms with Gasteiger partial charge in [-0.25, -0.2) is 17.6 Å². The van der Waals surface area contributed by atoms with Gasteiger partial charge >= 0.3 is 6.09 Å². The van der Waals surface area contributed by atoms with Crippen molar-refractivity contribution in [1.29, 1.82) is 0 Å². The lowest BCUT2D eigenvalue weighted by Crippen LogP contribution is -2.32. The van der Waals surface area contributed by atoms with Gasteiger partial charge in [0.2, 0.25) is 0 Å². The summed E-state index contributed by atoms with van der Waals surface area (Å²) in [4.78, 5) is 13.0. The molecule has 0 N–H and O–H groups in total. The molecule has 0 aromatic heterocycles. The van der Waals surface area contributed by atoms with E-state index in [2.05, 4.69) is 0 Å². The molecule has 5 nitrogen and oxygen atoms in total. The van der Waals surface area contributed by atoms with Crippen LogP contribution >= 0.6 is 0 Å². The van der Waals surface area contributed by atoms with Crippen LogP contribution in [-0.4, -0.2) is 21.6 Å². The molecule has 0 saturated carbocycles. The maximum absolute atomic E-state index is 13.3. The summed E-state index contributed by atoms with van der Waals surface area (Å²) in [7, 11) is -2.09. The smallest absolute Gasteiger partial charge is 0.414 e. The molecule has 1 aliphatic heterocycles. The molecule has 1 heterocycles. The Morgan fingerprint density at radius 1 is 1.21 bits per heavy atom. The highest BCUT2D eigenvalue weighted by Gasteiger charge is 2.25. The lowest BCUT2D eigenvalue weighted by Gasteiger charge is -2.25. The average Bonchev–Trinajstić information content (AvgIpc) is 2.54. The molecule has 126 valence electrons. The van der Waals surface area contributed by atoms with Gasteiger partial charge < -0.3 is 4.74 Å². The van der Waals surface area contributed by atoms with Gasteiger partial charge in [-0.1, -0.05) is 18.2 Å². The van der Waals surface area contributed by atoms with Gasteiger partial charge in [-0.05, 0) is 36.2 Å². The van der Waals surface area contributed by atoms with E-state index < -0.39 is 15.9 Å². The molecule has 0 atom stereocenters. The predicted molar refractivity (Wildman–Crippen MR) is 87.1 cm³/mol. The molecule has 3 rings (SSSR count). The van der Waals surface area contributed by atoms with E-state index >= 15 is 0 Å². The molecule has 0 fully saturated rings. The monoisotopic (exact) mass is 349 g/mol. The number of hydrogen-bond acceptors (Lipinski definition) is 4. The van der Waals surface area contributed by atoms with Crippen molar-refractivity contribution >= 4 is 21.6 Å². The molecule has 1 aliphatic rings. The van der Waals surface area contributed by atoms with E-state index in [-0.39, 0.29) is 23.1 Å². The average molecular weight is 349 g/mol. The lowest BCUT2D eigenvalue weighted by molar-refractivity contribution is 0.143. The van der Waals surface area contributed by atoms with Crippen LogP contribution in [0.3, 0.4) is 0 Å². The van der Waals surface area contributed by atoms with Crippen LogP contribution in [0.5, 0.6) is 0 Å². The maximum Gasteiger partial charge on any atom is 0.414 e. The van der Waals surface area contributed by atoms with Gasteiger partial charge in [0.05, 0.1) is 16.3 Å². The van der Waals surface area contributed by atoms with E-state index in [1.165, 1.54) is 42.3 Å². The van der Waals surface area contributed by atoms with Crippen LogP contribution in [0.25, 0.3) is 0 Å². The molecule has 0 aliphatic carbocycles. The molecule has 1 amide bonds. The minimum absolute atomic E-state index is 0.116. The van der Waals surface area contributed by atoms with Crippen molar-refractivity contribution < 1.29 is 22.3 Å². The number of ether oxygens (including phenoxy) is 1. The fraction of sp³-hybridized carbons (Fsp3) is 0.235. The summed E-state index contributed by atoms with van der Waals surface area (Å²) in [5.41, 5.74) is 2.17. The molecule has 24 heavy (non-hydrogen) atoms. The highest BCUT2D eigenvalue weighted by Crippen LogP contribution is 2.30. The Balaban J connectivity index is 1.95. The molecule has 2 aromatic rings. The van der Waals surface area contributed by atoms with E-state index in [1.54, 1.807) is 13.0 Å². The molecule has 0 radical (unpaired) electrons. The first-order valence-electron chi connectivity index (χ1n) is 7.29. The first-order valence-corrected chi connectivity index (χ1v) is 8.94. The number of nitrogens with zero attached hydrogens (tertiary/aromatic N) is 1. The standard InChI is InChI=1S/C17H16FNO4S/c1-11-7-12(3-6-15(11)18)10-24(21,22)14-5-4-13-9-23-17(20)19(2)16(13)8-14/h3-8H,9-10H2,1-2H3. The normalized spacial score (nSPS) is 14.3. The van der Waals surface area contributed by atoms with Crippen molar-refractivity contribution in [3.63, 3.8) is 0 Å². The van der Waals surface area contributed by atoms with Crippen LogP contribution < -0.4 is 4.90 Å². The van der Waals surface area contributed by atoms with Crippen molar-refractivity contribution in [1.82, 2.24) is 0 Å².